The zero-order chi connectivity index (χ0) is 18.0. The van der Waals surface area contributed by atoms with Gasteiger partial charge in [-0.2, -0.15) is 0 Å². The maximum absolute atomic E-state index is 13.8. The van der Waals surface area contributed by atoms with E-state index in [-0.39, 0.29) is 29.6 Å². The molecule has 26 heavy (non-hydrogen) atoms. The molecule has 1 aromatic carbocycles. The quantitative estimate of drug-likeness (QED) is 0.854. The smallest absolute Gasteiger partial charge is 0.349 e. The molecule has 2 N–H and O–H groups in total. The maximum Gasteiger partial charge on any atom is 0.349 e. The lowest BCUT2D eigenvalue weighted by atomic mass is 9.95. The molecule has 1 unspecified atom stereocenters. The van der Waals surface area contributed by atoms with Gasteiger partial charge in [-0.1, -0.05) is 6.07 Å². The lowest BCUT2D eigenvalue weighted by Gasteiger charge is -2.22. The molecule has 0 bridgehead atoms. The summed E-state index contributed by atoms with van der Waals surface area (Å²) in [6, 6.07) is 6.14. The maximum atomic E-state index is 13.8. The van der Waals surface area contributed by atoms with Crippen molar-refractivity contribution in [3.63, 3.8) is 0 Å². The van der Waals surface area contributed by atoms with E-state index in [9.17, 15) is 14.0 Å². The standard InChI is InChI=1S/C19H21FN2O3.ClH/c1-11-5-6-14(20)15(8-11)22-18(23)17-12(2)9-16(25-19(17)24)13-4-3-7-21-10-13;/h5-6,8-9,13,21H,3-4,7,10H2,1-2H3,(H,22,23);1H. The number of piperidine rings is 1. The van der Waals surface area contributed by atoms with Crippen molar-refractivity contribution in [3.05, 3.63) is 63.0 Å². The number of benzene rings is 1. The zero-order valence-corrected chi connectivity index (χ0v) is 15.5. The number of hydrogen-bond acceptors (Lipinski definition) is 4. The summed E-state index contributed by atoms with van der Waals surface area (Å²) in [6.07, 6.45) is 1.96. The minimum atomic E-state index is -0.689. The first-order chi connectivity index (χ1) is 12.0. The number of halogens is 2. The van der Waals surface area contributed by atoms with Crippen molar-refractivity contribution in [2.45, 2.75) is 32.6 Å². The lowest BCUT2D eigenvalue weighted by Crippen LogP contribution is -2.30. The van der Waals surface area contributed by atoms with Gasteiger partial charge in [0.15, 0.2) is 0 Å². The van der Waals surface area contributed by atoms with Crippen molar-refractivity contribution in [2.24, 2.45) is 0 Å². The van der Waals surface area contributed by atoms with Gasteiger partial charge < -0.3 is 15.1 Å². The van der Waals surface area contributed by atoms with Gasteiger partial charge in [-0.15, -0.1) is 12.4 Å². The third-order valence-electron chi connectivity index (χ3n) is 4.46. The molecule has 1 aliphatic heterocycles. The Morgan fingerprint density at radius 1 is 1.31 bits per heavy atom. The van der Waals surface area contributed by atoms with Crippen LogP contribution in [0.3, 0.4) is 0 Å². The van der Waals surface area contributed by atoms with Gasteiger partial charge in [0.25, 0.3) is 5.91 Å². The molecule has 1 aliphatic rings. The van der Waals surface area contributed by atoms with Crippen LogP contribution in [0, 0.1) is 19.7 Å². The van der Waals surface area contributed by atoms with Crippen LogP contribution in [0.15, 0.2) is 33.5 Å². The minimum absolute atomic E-state index is 0. The highest BCUT2D eigenvalue weighted by molar-refractivity contribution is 6.05. The molecule has 2 heterocycles. The minimum Gasteiger partial charge on any atom is -0.427 e. The van der Waals surface area contributed by atoms with Crippen LogP contribution in [0.2, 0.25) is 0 Å². The molecule has 1 aromatic heterocycles. The predicted octanol–water partition coefficient (Wildman–Crippen LogP) is 3.54. The van der Waals surface area contributed by atoms with E-state index in [4.69, 9.17) is 4.42 Å². The second kappa shape index (κ2) is 8.47. The van der Waals surface area contributed by atoms with Crippen LogP contribution in [0.5, 0.6) is 0 Å². The number of hydrogen-bond donors (Lipinski definition) is 2. The van der Waals surface area contributed by atoms with Gasteiger partial charge in [0.05, 0.1) is 5.69 Å². The molecular formula is C19H22ClFN2O3. The van der Waals surface area contributed by atoms with Crippen LogP contribution < -0.4 is 16.3 Å². The van der Waals surface area contributed by atoms with Crippen molar-refractivity contribution in [1.29, 1.82) is 0 Å². The third-order valence-corrected chi connectivity index (χ3v) is 4.46. The van der Waals surface area contributed by atoms with E-state index >= 15 is 0 Å². The number of rotatable bonds is 3. The van der Waals surface area contributed by atoms with Crippen molar-refractivity contribution >= 4 is 24.0 Å². The highest BCUT2D eigenvalue weighted by atomic mass is 35.5. The summed E-state index contributed by atoms with van der Waals surface area (Å²) in [5.41, 5.74) is 0.604. The van der Waals surface area contributed by atoms with Gasteiger partial charge in [-0.25, -0.2) is 9.18 Å². The highest BCUT2D eigenvalue weighted by Gasteiger charge is 2.23. The summed E-state index contributed by atoms with van der Waals surface area (Å²) in [7, 11) is 0. The number of anilines is 1. The first kappa shape index (κ1) is 20.1. The molecule has 7 heteroatoms. The zero-order valence-electron chi connectivity index (χ0n) is 14.7. The molecule has 0 radical (unpaired) electrons. The van der Waals surface area contributed by atoms with Gasteiger partial charge in [0.1, 0.15) is 17.1 Å². The van der Waals surface area contributed by atoms with Gasteiger partial charge in [-0.05, 0) is 62.6 Å². The van der Waals surface area contributed by atoms with E-state index in [0.29, 0.717) is 11.3 Å². The monoisotopic (exact) mass is 380 g/mol. The Balaban J connectivity index is 0.00000243. The summed E-state index contributed by atoms with van der Waals surface area (Å²) in [4.78, 5) is 24.8. The molecular weight excluding hydrogens is 359 g/mol. The van der Waals surface area contributed by atoms with E-state index in [1.54, 1.807) is 26.0 Å². The molecule has 140 valence electrons. The average molecular weight is 381 g/mol. The summed E-state index contributed by atoms with van der Waals surface area (Å²) in [6.45, 7) is 5.20. The first-order valence-electron chi connectivity index (χ1n) is 8.38. The number of nitrogens with one attached hydrogen (secondary N) is 2. The normalized spacial score (nSPS) is 16.7. The molecule has 0 aliphatic carbocycles. The summed E-state index contributed by atoms with van der Waals surface area (Å²) in [5, 5.41) is 5.73. The van der Waals surface area contributed by atoms with Crippen LogP contribution in [0.4, 0.5) is 10.1 Å². The average Bonchev–Trinajstić information content (AvgIpc) is 2.58. The predicted molar refractivity (Wildman–Crippen MR) is 101 cm³/mol. The largest absolute Gasteiger partial charge is 0.427 e. The number of aryl methyl sites for hydroxylation is 2. The lowest BCUT2D eigenvalue weighted by molar-refractivity contribution is 0.102. The Kier molecular flexibility index (Phi) is 6.56. The van der Waals surface area contributed by atoms with E-state index < -0.39 is 17.3 Å². The van der Waals surface area contributed by atoms with Crippen molar-refractivity contribution in [1.82, 2.24) is 5.32 Å². The van der Waals surface area contributed by atoms with E-state index in [1.165, 1.54) is 12.1 Å². The van der Waals surface area contributed by atoms with Crippen molar-refractivity contribution in [3.8, 4) is 0 Å². The second-order valence-corrected chi connectivity index (χ2v) is 6.47. The van der Waals surface area contributed by atoms with Gasteiger partial charge in [0, 0.05) is 12.5 Å². The molecule has 2 aromatic rings. The number of amides is 1. The fraction of sp³-hybridized carbons (Fsp3) is 0.368. The molecule has 0 saturated carbocycles. The number of carbonyl (C=O) groups is 1. The fourth-order valence-electron chi connectivity index (χ4n) is 3.12. The van der Waals surface area contributed by atoms with Crippen molar-refractivity contribution < 1.29 is 13.6 Å². The second-order valence-electron chi connectivity index (χ2n) is 6.47. The topological polar surface area (TPSA) is 71.3 Å². The molecule has 0 spiro atoms. The fourth-order valence-corrected chi connectivity index (χ4v) is 3.12. The Bertz CT molecular complexity index is 860. The van der Waals surface area contributed by atoms with Crippen LogP contribution in [0.25, 0.3) is 0 Å². The molecule has 5 nitrogen and oxygen atoms in total. The molecule has 1 saturated heterocycles. The summed E-state index contributed by atoms with van der Waals surface area (Å²) >= 11 is 0. The van der Waals surface area contributed by atoms with E-state index in [2.05, 4.69) is 10.6 Å². The van der Waals surface area contributed by atoms with Crippen molar-refractivity contribution in [2.75, 3.05) is 18.4 Å². The van der Waals surface area contributed by atoms with E-state index in [0.717, 1.165) is 31.5 Å². The number of carbonyl (C=O) groups excluding carboxylic acids is 1. The Morgan fingerprint density at radius 2 is 2.08 bits per heavy atom. The third kappa shape index (κ3) is 4.31. The van der Waals surface area contributed by atoms with Crippen LogP contribution in [-0.4, -0.2) is 19.0 Å². The van der Waals surface area contributed by atoms with Gasteiger partial charge in [-0.3, -0.25) is 4.79 Å². The van der Waals surface area contributed by atoms with Crippen LogP contribution in [-0.2, 0) is 0 Å². The Morgan fingerprint density at radius 3 is 2.73 bits per heavy atom. The SMILES string of the molecule is Cc1ccc(F)c(NC(=O)c2c(C)cc(C3CCCNC3)oc2=O)c1.Cl. The summed E-state index contributed by atoms with van der Waals surface area (Å²) < 4.78 is 19.2. The molecule has 3 rings (SSSR count). The molecule has 1 amide bonds. The summed E-state index contributed by atoms with van der Waals surface area (Å²) in [5.74, 6) is -0.491. The molecule has 1 atom stereocenters. The van der Waals surface area contributed by atoms with Crippen LogP contribution in [0.1, 0.15) is 46.0 Å². The van der Waals surface area contributed by atoms with Crippen LogP contribution >= 0.6 is 12.4 Å². The Labute approximate surface area is 157 Å². The molecule has 1 fully saturated rings. The first-order valence-corrected chi connectivity index (χ1v) is 8.38. The highest BCUT2D eigenvalue weighted by Crippen LogP contribution is 2.24. The Hall–Kier alpha value is -2.18. The van der Waals surface area contributed by atoms with Gasteiger partial charge >= 0.3 is 5.63 Å². The van der Waals surface area contributed by atoms with E-state index in [1.807, 2.05) is 0 Å². The van der Waals surface area contributed by atoms with Gasteiger partial charge in [0.2, 0.25) is 0 Å².